The first-order valence-electron chi connectivity index (χ1n) is 33.8. The van der Waals surface area contributed by atoms with Crippen LogP contribution < -0.4 is 0 Å². The smallest absolute Gasteiger partial charge is 0.306 e. The second-order valence-electron chi connectivity index (χ2n) is 23.1. The number of carbonyl (C=O) groups excluding carboxylic acids is 3. The van der Waals surface area contributed by atoms with Crippen LogP contribution in [0.4, 0.5) is 0 Å². The minimum absolute atomic E-state index is 0.0679. The monoisotopic (exact) mass is 1050 g/mol. The summed E-state index contributed by atoms with van der Waals surface area (Å²) in [6.45, 7) is 6.68. The van der Waals surface area contributed by atoms with Crippen molar-refractivity contribution in [3.05, 3.63) is 24.3 Å². The minimum atomic E-state index is -0.770. The van der Waals surface area contributed by atoms with Gasteiger partial charge in [-0.05, 0) is 70.6 Å². The van der Waals surface area contributed by atoms with Crippen molar-refractivity contribution in [1.82, 2.24) is 0 Å². The van der Waals surface area contributed by atoms with Crippen molar-refractivity contribution in [1.29, 1.82) is 0 Å². The molecular formula is C69H130O6. The Morgan fingerprint density at radius 1 is 0.253 bits per heavy atom. The fourth-order valence-electron chi connectivity index (χ4n) is 10.3. The fraction of sp³-hybridized carbons (Fsp3) is 0.899. The highest BCUT2D eigenvalue weighted by Crippen LogP contribution is 2.18. The summed E-state index contributed by atoms with van der Waals surface area (Å²) in [7, 11) is 0. The standard InChI is InChI=1S/C69H130O6/c1-4-7-10-13-16-19-22-25-27-29-30-31-32-33-34-35-36-37-38-39-40-41-43-44-47-50-53-56-59-62-68(71)74-65-66(64-73-67(70)61-58-55-52-49-46-24-21-18-15-12-9-6-3)75-69(72)63-60-57-54-51-48-45-42-28-26-23-20-17-14-11-8-5-2/h18,21,29-30,66H,4-17,19-20,22-28,31-65H2,1-3H3/b21-18-,30-29-. The van der Waals surface area contributed by atoms with Crippen LogP contribution in [0.2, 0.25) is 0 Å². The van der Waals surface area contributed by atoms with Gasteiger partial charge in [0, 0.05) is 19.3 Å². The molecule has 442 valence electrons. The van der Waals surface area contributed by atoms with Crippen molar-refractivity contribution >= 4 is 17.9 Å². The molecule has 0 aromatic rings. The van der Waals surface area contributed by atoms with Crippen molar-refractivity contribution in [2.75, 3.05) is 13.2 Å². The topological polar surface area (TPSA) is 78.9 Å². The van der Waals surface area contributed by atoms with Crippen molar-refractivity contribution in [2.24, 2.45) is 0 Å². The average molecular weight is 1060 g/mol. The van der Waals surface area contributed by atoms with E-state index in [0.29, 0.717) is 19.3 Å². The Labute approximate surface area is 468 Å². The Hall–Kier alpha value is -2.11. The lowest BCUT2D eigenvalue weighted by atomic mass is 10.0. The first kappa shape index (κ1) is 72.9. The molecule has 1 unspecified atom stereocenters. The molecule has 0 bridgehead atoms. The number of carbonyl (C=O) groups is 3. The van der Waals surface area contributed by atoms with Crippen LogP contribution in [-0.4, -0.2) is 37.2 Å². The zero-order valence-corrected chi connectivity index (χ0v) is 50.8. The van der Waals surface area contributed by atoms with Gasteiger partial charge in [-0.3, -0.25) is 14.4 Å². The molecule has 0 aliphatic heterocycles. The van der Waals surface area contributed by atoms with Gasteiger partial charge in [-0.2, -0.15) is 0 Å². The summed E-state index contributed by atoms with van der Waals surface area (Å²) in [5.74, 6) is -0.850. The summed E-state index contributed by atoms with van der Waals surface area (Å²) < 4.78 is 16.9. The van der Waals surface area contributed by atoms with E-state index in [-0.39, 0.29) is 31.1 Å². The molecule has 6 heteroatoms. The lowest BCUT2D eigenvalue weighted by molar-refractivity contribution is -0.167. The zero-order chi connectivity index (χ0) is 54.3. The Bertz CT molecular complexity index is 1210. The molecule has 0 aromatic heterocycles. The van der Waals surface area contributed by atoms with Crippen LogP contribution in [0.5, 0.6) is 0 Å². The van der Waals surface area contributed by atoms with E-state index in [4.69, 9.17) is 14.2 Å². The molecule has 0 rings (SSSR count). The maximum absolute atomic E-state index is 12.9. The van der Waals surface area contributed by atoms with Gasteiger partial charge >= 0.3 is 17.9 Å². The van der Waals surface area contributed by atoms with Crippen molar-refractivity contribution in [2.45, 2.75) is 386 Å². The normalized spacial score (nSPS) is 12.1. The van der Waals surface area contributed by atoms with Crippen LogP contribution in [0.25, 0.3) is 0 Å². The van der Waals surface area contributed by atoms with Crippen LogP contribution in [0.1, 0.15) is 380 Å². The largest absolute Gasteiger partial charge is 0.462 e. The van der Waals surface area contributed by atoms with Gasteiger partial charge in [0.15, 0.2) is 6.10 Å². The molecule has 1 atom stereocenters. The number of ether oxygens (including phenoxy) is 3. The van der Waals surface area contributed by atoms with E-state index < -0.39 is 6.10 Å². The van der Waals surface area contributed by atoms with E-state index in [1.165, 1.54) is 276 Å². The van der Waals surface area contributed by atoms with Gasteiger partial charge in [0.2, 0.25) is 0 Å². The van der Waals surface area contributed by atoms with Gasteiger partial charge < -0.3 is 14.2 Å². The number of hydrogen-bond acceptors (Lipinski definition) is 6. The van der Waals surface area contributed by atoms with Crippen LogP contribution in [0, 0.1) is 0 Å². The van der Waals surface area contributed by atoms with E-state index in [1.807, 2.05) is 0 Å². The highest BCUT2D eigenvalue weighted by Gasteiger charge is 2.19. The number of unbranched alkanes of at least 4 members (excludes halogenated alkanes) is 48. The maximum atomic E-state index is 12.9. The van der Waals surface area contributed by atoms with Gasteiger partial charge in [0.25, 0.3) is 0 Å². The molecule has 0 amide bonds. The van der Waals surface area contributed by atoms with Crippen molar-refractivity contribution in [3.63, 3.8) is 0 Å². The summed E-state index contributed by atoms with van der Waals surface area (Å²) in [5, 5.41) is 0. The van der Waals surface area contributed by atoms with E-state index in [1.54, 1.807) is 0 Å². The first-order valence-corrected chi connectivity index (χ1v) is 33.8. The predicted molar refractivity (Wildman–Crippen MR) is 326 cm³/mol. The van der Waals surface area contributed by atoms with Crippen LogP contribution in [0.15, 0.2) is 24.3 Å². The van der Waals surface area contributed by atoms with Gasteiger partial charge in [-0.25, -0.2) is 0 Å². The summed E-state index contributed by atoms with van der Waals surface area (Å²) in [6, 6.07) is 0. The molecule has 0 saturated heterocycles. The van der Waals surface area contributed by atoms with Crippen LogP contribution in [0.3, 0.4) is 0 Å². The Morgan fingerprint density at radius 2 is 0.440 bits per heavy atom. The Balaban J connectivity index is 4.13. The summed E-state index contributed by atoms with van der Waals surface area (Å²) in [6.07, 6.45) is 77.8. The molecule has 0 aromatic carbocycles. The molecule has 75 heavy (non-hydrogen) atoms. The van der Waals surface area contributed by atoms with Crippen LogP contribution in [-0.2, 0) is 28.6 Å². The molecule has 6 nitrogen and oxygen atoms in total. The van der Waals surface area contributed by atoms with Gasteiger partial charge in [0.05, 0.1) is 0 Å². The third-order valence-electron chi connectivity index (χ3n) is 15.4. The summed E-state index contributed by atoms with van der Waals surface area (Å²) in [5.41, 5.74) is 0. The third-order valence-corrected chi connectivity index (χ3v) is 15.4. The molecule has 0 aliphatic rings. The second-order valence-corrected chi connectivity index (χ2v) is 23.1. The van der Waals surface area contributed by atoms with Crippen molar-refractivity contribution in [3.8, 4) is 0 Å². The molecule has 0 spiro atoms. The van der Waals surface area contributed by atoms with Crippen LogP contribution >= 0.6 is 0 Å². The summed E-state index contributed by atoms with van der Waals surface area (Å²) in [4.78, 5) is 38.3. The minimum Gasteiger partial charge on any atom is -0.462 e. The highest BCUT2D eigenvalue weighted by molar-refractivity contribution is 5.71. The lowest BCUT2D eigenvalue weighted by Crippen LogP contribution is -2.30. The van der Waals surface area contributed by atoms with Gasteiger partial charge in [0.1, 0.15) is 13.2 Å². The predicted octanol–water partition coefficient (Wildman–Crippen LogP) is 23.0. The SMILES string of the molecule is CCCCC/C=C\CCCCCCCC(=O)OCC(COC(=O)CCCCCCCCCCCCCCCCCCC/C=C\CCCCCCCCCC)OC(=O)CCCCCCCCCCCCCCCCCC. The van der Waals surface area contributed by atoms with Gasteiger partial charge in [-0.1, -0.05) is 315 Å². The molecule has 0 radical (unpaired) electrons. The van der Waals surface area contributed by atoms with Crippen molar-refractivity contribution < 1.29 is 28.6 Å². The second kappa shape index (κ2) is 64.4. The molecular weight excluding hydrogens is 925 g/mol. The zero-order valence-electron chi connectivity index (χ0n) is 50.8. The summed E-state index contributed by atoms with van der Waals surface area (Å²) >= 11 is 0. The molecule has 0 heterocycles. The van der Waals surface area contributed by atoms with E-state index in [9.17, 15) is 14.4 Å². The average Bonchev–Trinajstić information content (AvgIpc) is 3.41. The molecule has 0 N–H and O–H groups in total. The van der Waals surface area contributed by atoms with Gasteiger partial charge in [-0.15, -0.1) is 0 Å². The molecule has 0 aliphatic carbocycles. The number of hydrogen-bond donors (Lipinski definition) is 0. The number of rotatable bonds is 63. The lowest BCUT2D eigenvalue weighted by Gasteiger charge is -2.18. The number of esters is 3. The molecule has 0 saturated carbocycles. The maximum Gasteiger partial charge on any atom is 0.306 e. The Kier molecular flexibility index (Phi) is 62.6. The fourth-order valence-corrected chi connectivity index (χ4v) is 10.3. The first-order chi connectivity index (χ1) is 37.0. The van der Waals surface area contributed by atoms with E-state index in [0.717, 1.165) is 64.2 Å². The third kappa shape index (κ3) is 62.6. The number of allylic oxidation sites excluding steroid dienone is 4. The highest BCUT2D eigenvalue weighted by atomic mass is 16.6. The molecule has 0 fully saturated rings. The van der Waals surface area contributed by atoms with E-state index >= 15 is 0 Å². The van der Waals surface area contributed by atoms with E-state index in [2.05, 4.69) is 45.1 Å². The Morgan fingerprint density at radius 3 is 0.693 bits per heavy atom. The quantitative estimate of drug-likeness (QED) is 0.0261.